The van der Waals surface area contributed by atoms with Gasteiger partial charge in [0.2, 0.25) is 0 Å². The fourth-order valence-electron chi connectivity index (χ4n) is 2.14. The lowest BCUT2D eigenvalue weighted by Crippen LogP contribution is -2.36. The second-order valence-corrected chi connectivity index (χ2v) is 5.01. The number of benzene rings is 2. The van der Waals surface area contributed by atoms with Crippen LogP contribution in [0.5, 0.6) is 0 Å². The lowest BCUT2D eigenvalue weighted by atomic mass is 9.87. The topological polar surface area (TPSA) is 26.3 Å². The summed E-state index contributed by atoms with van der Waals surface area (Å²) in [5.74, 6) is 0.291. The number of alkyl halides is 1. The fraction of sp³-hybridized carbons (Fsp3) is 0.235. The molecule has 0 N–H and O–H groups in total. The number of hydrogen-bond acceptors (Lipinski definition) is 2. The molecular weight excluding hydrogens is 272 g/mol. The average molecular weight is 289 g/mol. The number of carbonyl (C=O) groups is 1. The van der Waals surface area contributed by atoms with Gasteiger partial charge in [-0.25, -0.2) is 0 Å². The van der Waals surface area contributed by atoms with Crippen molar-refractivity contribution in [2.75, 3.05) is 12.5 Å². The van der Waals surface area contributed by atoms with Crippen LogP contribution in [0, 0.1) is 0 Å². The third-order valence-corrected chi connectivity index (χ3v) is 3.42. The molecule has 20 heavy (non-hydrogen) atoms. The Balaban J connectivity index is 2.39. The zero-order chi connectivity index (χ0) is 14.4. The van der Waals surface area contributed by atoms with Crippen LogP contribution in [0.2, 0.25) is 0 Å². The van der Waals surface area contributed by atoms with Crippen molar-refractivity contribution in [3.8, 4) is 0 Å². The van der Waals surface area contributed by atoms with E-state index in [2.05, 4.69) is 0 Å². The molecule has 104 valence electrons. The van der Waals surface area contributed by atoms with Gasteiger partial charge in [0.15, 0.2) is 11.4 Å². The van der Waals surface area contributed by atoms with Gasteiger partial charge < -0.3 is 4.74 Å². The van der Waals surface area contributed by atoms with Gasteiger partial charge in [-0.1, -0.05) is 60.7 Å². The molecule has 0 fully saturated rings. The first-order chi connectivity index (χ1) is 9.68. The van der Waals surface area contributed by atoms with Gasteiger partial charge >= 0.3 is 0 Å². The molecule has 0 spiro atoms. The molecule has 2 nitrogen and oxygen atoms in total. The van der Waals surface area contributed by atoms with Gasteiger partial charge in [0.1, 0.15) is 0 Å². The molecule has 2 aromatic rings. The maximum absolute atomic E-state index is 12.8. The molecule has 0 heterocycles. The van der Waals surface area contributed by atoms with Crippen molar-refractivity contribution in [2.24, 2.45) is 0 Å². The van der Waals surface area contributed by atoms with Crippen molar-refractivity contribution < 1.29 is 9.53 Å². The van der Waals surface area contributed by atoms with Crippen molar-refractivity contribution in [2.45, 2.75) is 12.5 Å². The minimum Gasteiger partial charge on any atom is -0.361 e. The van der Waals surface area contributed by atoms with E-state index in [4.69, 9.17) is 16.3 Å². The normalized spacial score (nSPS) is 13.7. The molecule has 0 aromatic heterocycles. The van der Waals surface area contributed by atoms with Crippen LogP contribution in [0.1, 0.15) is 22.8 Å². The molecule has 0 amide bonds. The first kappa shape index (κ1) is 14.8. The van der Waals surface area contributed by atoms with Gasteiger partial charge in [-0.05, 0) is 12.5 Å². The molecule has 0 saturated heterocycles. The maximum atomic E-state index is 12.8. The van der Waals surface area contributed by atoms with E-state index in [0.717, 1.165) is 5.56 Å². The van der Waals surface area contributed by atoms with Crippen LogP contribution in [-0.4, -0.2) is 18.3 Å². The summed E-state index contributed by atoms with van der Waals surface area (Å²) in [6.45, 7) is 2.12. The quantitative estimate of drug-likeness (QED) is 0.592. The Bertz CT molecular complexity index is 554. The first-order valence-electron chi connectivity index (χ1n) is 6.54. The summed E-state index contributed by atoms with van der Waals surface area (Å²) in [6.07, 6.45) is 0. The lowest BCUT2D eigenvalue weighted by molar-refractivity contribution is -0.0118. The van der Waals surface area contributed by atoms with Gasteiger partial charge in [0.05, 0.1) is 6.61 Å². The maximum Gasteiger partial charge on any atom is 0.198 e. The SMILES string of the molecule is CC(OCCCl)(C(=O)c1ccccc1)c1ccccc1. The van der Waals surface area contributed by atoms with Crippen molar-refractivity contribution in [3.63, 3.8) is 0 Å². The lowest BCUT2D eigenvalue weighted by Gasteiger charge is -2.29. The molecule has 0 aliphatic heterocycles. The summed E-state index contributed by atoms with van der Waals surface area (Å²) in [5, 5.41) is 0. The number of hydrogen-bond donors (Lipinski definition) is 0. The highest BCUT2D eigenvalue weighted by atomic mass is 35.5. The molecule has 0 saturated carbocycles. The van der Waals surface area contributed by atoms with E-state index < -0.39 is 5.60 Å². The monoisotopic (exact) mass is 288 g/mol. The van der Waals surface area contributed by atoms with E-state index in [1.54, 1.807) is 19.1 Å². The smallest absolute Gasteiger partial charge is 0.198 e. The molecular formula is C17H17ClO2. The first-order valence-corrected chi connectivity index (χ1v) is 7.07. The van der Waals surface area contributed by atoms with E-state index in [-0.39, 0.29) is 5.78 Å². The number of ketones is 1. The molecule has 1 atom stereocenters. The summed E-state index contributed by atoms with van der Waals surface area (Å²) in [6, 6.07) is 18.7. The van der Waals surface area contributed by atoms with Gasteiger partial charge in [-0.15, -0.1) is 11.6 Å². The van der Waals surface area contributed by atoms with Gasteiger partial charge in [0, 0.05) is 11.4 Å². The summed E-state index contributed by atoms with van der Waals surface area (Å²) in [5.41, 5.74) is 0.449. The van der Waals surface area contributed by atoms with Crippen LogP contribution < -0.4 is 0 Å². The van der Waals surface area contributed by atoms with Crippen LogP contribution in [0.3, 0.4) is 0 Å². The molecule has 2 aromatic carbocycles. The number of Topliss-reactive ketones (excluding diaryl/α,β-unsaturated/α-hetero) is 1. The second-order valence-electron chi connectivity index (χ2n) is 4.63. The number of carbonyl (C=O) groups excluding carboxylic acids is 1. The standard InChI is InChI=1S/C17H17ClO2/c1-17(20-13-12-18,15-10-6-3-7-11-15)16(19)14-8-4-2-5-9-14/h2-11H,12-13H2,1H3. The molecule has 0 bridgehead atoms. The largest absolute Gasteiger partial charge is 0.361 e. The third kappa shape index (κ3) is 3.09. The zero-order valence-electron chi connectivity index (χ0n) is 11.4. The van der Waals surface area contributed by atoms with Gasteiger partial charge in [0.25, 0.3) is 0 Å². The molecule has 2 rings (SSSR count). The zero-order valence-corrected chi connectivity index (χ0v) is 12.1. The van der Waals surface area contributed by atoms with Crippen molar-refractivity contribution >= 4 is 17.4 Å². The number of ether oxygens (including phenoxy) is 1. The Kier molecular flexibility index (Phi) is 4.94. The predicted octanol–water partition coefficient (Wildman–Crippen LogP) is 4.04. The third-order valence-electron chi connectivity index (χ3n) is 3.26. The minimum absolute atomic E-state index is 0.0607. The summed E-state index contributed by atoms with van der Waals surface area (Å²) >= 11 is 5.71. The molecule has 0 aliphatic carbocycles. The fourth-order valence-corrected chi connectivity index (χ4v) is 2.22. The highest BCUT2D eigenvalue weighted by Gasteiger charge is 2.36. The Morgan fingerprint density at radius 3 is 2.15 bits per heavy atom. The van der Waals surface area contributed by atoms with Crippen LogP contribution in [0.25, 0.3) is 0 Å². The van der Waals surface area contributed by atoms with Crippen LogP contribution in [0.15, 0.2) is 60.7 Å². The minimum atomic E-state index is -1.02. The van der Waals surface area contributed by atoms with E-state index in [1.165, 1.54) is 0 Å². The van der Waals surface area contributed by atoms with Crippen LogP contribution in [0.4, 0.5) is 0 Å². The van der Waals surface area contributed by atoms with Gasteiger partial charge in [-0.2, -0.15) is 0 Å². The molecule has 3 heteroatoms. The number of halogens is 1. The van der Waals surface area contributed by atoms with E-state index in [0.29, 0.717) is 18.1 Å². The van der Waals surface area contributed by atoms with Crippen LogP contribution >= 0.6 is 11.6 Å². The molecule has 0 radical (unpaired) electrons. The van der Waals surface area contributed by atoms with E-state index >= 15 is 0 Å². The highest BCUT2D eigenvalue weighted by Crippen LogP contribution is 2.29. The Morgan fingerprint density at radius 1 is 1.05 bits per heavy atom. The Morgan fingerprint density at radius 2 is 1.60 bits per heavy atom. The van der Waals surface area contributed by atoms with Crippen LogP contribution in [-0.2, 0) is 10.3 Å². The van der Waals surface area contributed by atoms with E-state index in [9.17, 15) is 4.79 Å². The Labute approximate surface area is 124 Å². The highest BCUT2D eigenvalue weighted by molar-refractivity contribution is 6.18. The predicted molar refractivity (Wildman–Crippen MR) is 81.2 cm³/mol. The number of rotatable bonds is 6. The second kappa shape index (κ2) is 6.69. The van der Waals surface area contributed by atoms with Crippen molar-refractivity contribution in [1.29, 1.82) is 0 Å². The molecule has 1 unspecified atom stereocenters. The van der Waals surface area contributed by atoms with Gasteiger partial charge in [-0.3, -0.25) is 4.79 Å². The summed E-state index contributed by atoms with van der Waals surface area (Å²) < 4.78 is 5.80. The summed E-state index contributed by atoms with van der Waals surface area (Å²) in [4.78, 5) is 12.8. The Hall–Kier alpha value is -1.64. The van der Waals surface area contributed by atoms with Crippen molar-refractivity contribution in [3.05, 3.63) is 71.8 Å². The van der Waals surface area contributed by atoms with Crippen molar-refractivity contribution in [1.82, 2.24) is 0 Å². The summed E-state index contributed by atoms with van der Waals surface area (Å²) in [7, 11) is 0. The average Bonchev–Trinajstić information content (AvgIpc) is 2.53. The molecule has 0 aliphatic rings. The van der Waals surface area contributed by atoms with E-state index in [1.807, 2.05) is 48.5 Å².